The number of aliphatic hydroxyl groups excluding tert-OH is 1. The number of allylic oxidation sites excluding steroid dienone is 4. The Labute approximate surface area is 156 Å². The lowest BCUT2D eigenvalue weighted by Crippen LogP contribution is -1.97. The summed E-state index contributed by atoms with van der Waals surface area (Å²) in [5.41, 5.74) is 0. The molecule has 0 aromatic heterocycles. The third-order valence-electron chi connectivity index (χ3n) is 5.04. The van der Waals surface area contributed by atoms with E-state index in [9.17, 15) is 0 Å². The summed E-state index contributed by atoms with van der Waals surface area (Å²) in [7, 11) is 0. The summed E-state index contributed by atoms with van der Waals surface area (Å²) in [6.07, 6.45) is 29.5. The molecule has 25 heavy (non-hydrogen) atoms. The van der Waals surface area contributed by atoms with Crippen LogP contribution in [-0.4, -0.2) is 23.9 Å². The second-order valence-corrected chi connectivity index (χ2v) is 7.46. The van der Waals surface area contributed by atoms with Gasteiger partial charge in [0.2, 0.25) is 0 Å². The molecule has 0 amide bonds. The van der Waals surface area contributed by atoms with E-state index in [-0.39, 0.29) is 12.7 Å². The first-order valence-electron chi connectivity index (χ1n) is 10.9. The van der Waals surface area contributed by atoms with E-state index >= 15 is 0 Å². The second-order valence-electron chi connectivity index (χ2n) is 7.46. The van der Waals surface area contributed by atoms with Crippen LogP contribution in [0.3, 0.4) is 0 Å². The molecule has 0 bridgehead atoms. The van der Waals surface area contributed by atoms with Gasteiger partial charge in [-0.2, -0.15) is 0 Å². The number of ether oxygens (including phenoxy) is 1. The molecule has 1 saturated heterocycles. The number of unbranched alkanes of at least 4 members (excludes halogenated alkanes) is 11. The topological polar surface area (TPSA) is 32.8 Å². The van der Waals surface area contributed by atoms with Gasteiger partial charge in [0.05, 0.1) is 12.7 Å². The summed E-state index contributed by atoms with van der Waals surface area (Å²) in [4.78, 5) is 0. The minimum Gasteiger partial charge on any atom is -0.394 e. The van der Waals surface area contributed by atoms with Crippen molar-refractivity contribution < 1.29 is 9.84 Å². The molecule has 0 aromatic carbocycles. The zero-order valence-corrected chi connectivity index (χ0v) is 16.6. The Balaban J connectivity index is 1.72. The molecule has 0 radical (unpaired) electrons. The molecule has 1 aliphatic heterocycles. The van der Waals surface area contributed by atoms with Crippen molar-refractivity contribution in [2.45, 2.75) is 115 Å². The molecular formula is C23H42O2. The summed E-state index contributed by atoms with van der Waals surface area (Å²) in [6, 6.07) is 0. The number of epoxide rings is 1. The summed E-state index contributed by atoms with van der Waals surface area (Å²) < 4.78 is 5.30. The maximum Gasteiger partial charge on any atom is 0.107 e. The van der Waals surface area contributed by atoms with E-state index < -0.39 is 0 Å². The number of rotatable bonds is 18. The second kappa shape index (κ2) is 16.8. The molecule has 0 saturated carbocycles. The first-order valence-corrected chi connectivity index (χ1v) is 10.9. The van der Waals surface area contributed by atoms with Crippen molar-refractivity contribution in [3.63, 3.8) is 0 Å². The summed E-state index contributed by atoms with van der Waals surface area (Å²) >= 11 is 0. The van der Waals surface area contributed by atoms with E-state index in [4.69, 9.17) is 9.84 Å². The third kappa shape index (κ3) is 14.3. The molecule has 0 spiro atoms. The molecule has 146 valence electrons. The molecule has 1 N–H and O–H groups in total. The maximum atomic E-state index is 8.88. The lowest BCUT2D eigenvalue weighted by atomic mass is 10.1. The first-order chi connectivity index (χ1) is 12.4. The van der Waals surface area contributed by atoms with Crippen LogP contribution in [0, 0.1) is 0 Å². The Morgan fingerprint density at radius 1 is 0.640 bits per heavy atom. The van der Waals surface area contributed by atoms with Gasteiger partial charge in [-0.3, -0.25) is 0 Å². The first kappa shape index (κ1) is 22.4. The lowest BCUT2D eigenvalue weighted by molar-refractivity contribution is 0.241. The lowest BCUT2D eigenvalue weighted by Gasteiger charge is -2.01. The van der Waals surface area contributed by atoms with Crippen molar-refractivity contribution in [2.24, 2.45) is 0 Å². The van der Waals surface area contributed by atoms with Crippen LogP contribution in [-0.2, 0) is 4.74 Å². The average Bonchev–Trinajstić information content (AvgIpc) is 3.39. The summed E-state index contributed by atoms with van der Waals surface area (Å²) in [5.74, 6) is 0. The summed E-state index contributed by atoms with van der Waals surface area (Å²) in [6.45, 7) is 2.46. The van der Waals surface area contributed by atoms with Gasteiger partial charge >= 0.3 is 0 Å². The van der Waals surface area contributed by atoms with Gasteiger partial charge < -0.3 is 9.84 Å². The predicted octanol–water partition coefficient (Wildman–Crippen LogP) is 6.73. The highest BCUT2D eigenvalue weighted by molar-refractivity contribution is 4.91. The van der Waals surface area contributed by atoms with Crippen molar-refractivity contribution in [1.29, 1.82) is 0 Å². The van der Waals surface area contributed by atoms with Crippen LogP contribution in [0.4, 0.5) is 0 Å². The monoisotopic (exact) mass is 350 g/mol. The Bertz CT molecular complexity index is 335. The van der Waals surface area contributed by atoms with E-state index in [1.54, 1.807) is 0 Å². The van der Waals surface area contributed by atoms with Gasteiger partial charge in [-0.05, 0) is 38.5 Å². The predicted molar refractivity (Wildman–Crippen MR) is 109 cm³/mol. The smallest absolute Gasteiger partial charge is 0.107 e. The molecule has 0 aliphatic carbocycles. The van der Waals surface area contributed by atoms with Crippen LogP contribution in [0.15, 0.2) is 24.3 Å². The minimum atomic E-state index is 0.127. The Hall–Kier alpha value is -0.600. The molecule has 2 atom stereocenters. The average molecular weight is 351 g/mol. The number of hydrogen-bond donors (Lipinski definition) is 1. The fraction of sp³-hybridized carbons (Fsp3) is 0.826. The van der Waals surface area contributed by atoms with Gasteiger partial charge in [-0.25, -0.2) is 0 Å². The zero-order chi connectivity index (χ0) is 18.0. The number of hydrogen-bond acceptors (Lipinski definition) is 2. The molecule has 0 unspecified atom stereocenters. The fourth-order valence-electron chi connectivity index (χ4n) is 3.27. The van der Waals surface area contributed by atoms with E-state index in [0.717, 1.165) is 25.7 Å². The third-order valence-corrected chi connectivity index (χ3v) is 5.04. The van der Waals surface area contributed by atoms with Crippen molar-refractivity contribution in [3.8, 4) is 0 Å². The van der Waals surface area contributed by atoms with Crippen LogP contribution in [0.5, 0.6) is 0 Å². The maximum absolute atomic E-state index is 8.88. The Morgan fingerprint density at radius 2 is 1.16 bits per heavy atom. The van der Waals surface area contributed by atoms with Gasteiger partial charge in [0.25, 0.3) is 0 Å². The standard InChI is InChI=1S/C23H42O2/c1-2-3-4-5-6-7-8-9-10-11-12-13-14-15-16-17-18-19-20-22-23(21-24)25-22/h13-14,17-18,22-24H,2-12,15-16,19-21H2,1H3/b14-13+,18-17+/t22-,23-/m0/s1. The molecule has 1 rings (SSSR count). The Kier molecular flexibility index (Phi) is 15.1. The molecular weight excluding hydrogens is 308 g/mol. The van der Waals surface area contributed by atoms with Crippen LogP contribution in [0.1, 0.15) is 103 Å². The zero-order valence-electron chi connectivity index (χ0n) is 16.6. The van der Waals surface area contributed by atoms with Gasteiger partial charge in [0.15, 0.2) is 0 Å². The van der Waals surface area contributed by atoms with Crippen LogP contribution in [0.25, 0.3) is 0 Å². The quantitative estimate of drug-likeness (QED) is 0.169. The van der Waals surface area contributed by atoms with E-state index in [1.165, 1.54) is 70.6 Å². The molecule has 1 aliphatic rings. The molecule has 1 fully saturated rings. The summed E-state index contributed by atoms with van der Waals surface area (Å²) in [5, 5.41) is 8.88. The highest BCUT2D eigenvalue weighted by atomic mass is 16.6. The van der Waals surface area contributed by atoms with Crippen molar-refractivity contribution in [1.82, 2.24) is 0 Å². The molecule has 2 nitrogen and oxygen atoms in total. The highest BCUT2D eigenvalue weighted by Crippen LogP contribution is 2.25. The fourth-order valence-corrected chi connectivity index (χ4v) is 3.27. The van der Waals surface area contributed by atoms with Crippen molar-refractivity contribution in [3.05, 3.63) is 24.3 Å². The van der Waals surface area contributed by atoms with Crippen LogP contribution < -0.4 is 0 Å². The highest BCUT2D eigenvalue weighted by Gasteiger charge is 2.36. The normalized spacial score (nSPS) is 20.1. The molecule has 0 aromatic rings. The minimum absolute atomic E-state index is 0.127. The SMILES string of the molecule is CCCCCCCCCCCC/C=C/CC/C=C/CC[C@@H]1O[C@H]1CO. The van der Waals surface area contributed by atoms with Crippen molar-refractivity contribution in [2.75, 3.05) is 6.61 Å². The van der Waals surface area contributed by atoms with Crippen molar-refractivity contribution >= 4 is 0 Å². The van der Waals surface area contributed by atoms with E-state index in [1.807, 2.05) is 0 Å². The number of aliphatic hydroxyl groups is 1. The Morgan fingerprint density at radius 3 is 1.72 bits per heavy atom. The van der Waals surface area contributed by atoms with E-state index in [0.29, 0.717) is 6.10 Å². The van der Waals surface area contributed by atoms with E-state index in [2.05, 4.69) is 31.2 Å². The van der Waals surface area contributed by atoms with Gasteiger partial charge in [-0.15, -0.1) is 0 Å². The largest absolute Gasteiger partial charge is 0.394 e. The molecule has 1 heterocycles. The molecule has 2 heteroatoms. The van der Waals surface area contributed by atoms with Crippen LogP contribution >= 0.6 is 0 Å². The van der Waals surface area contributed by atoms with Gasteiger partial charge in [-0.1, -0.05) is 89.0 Å². The van der Waals surface area contributed by atoms with Gasteiger partial charge in [0.1, 0.15) is 6.10 Å². The van der Waals surface area contributed by atoms with Gasteiger partial charge in [0, 0.05) is 0 Å². The van der Waals surface area contributed by atoms with Crippen LogP contribution in [0.2, 0.25) is 0 Å².